The highest BCUT2D eigenvalue weighted by Crippen LogP contribution is 2.16. The maximum atomic E-state index is 13.5. The number of nitrogens with one attached hydrogen (secondary N) is 1. The summed E-state index contributed by atoms with van der Waals surface area (Å²) in [7, 11) is -2.88. The molecule has 1 aliphatic heterocycles. The highest BCUT2D eigenvalue weighted by molar-refractivity contribution is 7.91. The van der Waals surface area contributed by atoms with Gasteiger partial charge in [-0.1, -0.05) is 6.07 Å². The Morgan fingerprint density at radius 3 is 2.35 bits per heavy atom. The molecule has 0 radical (unpaired) electrons. The highest BCUT2D eigenvalue weighted by Gasteiger charge is 2.24. The lowest BCUT2D eigenvalue weighted by Gasteiger charge is -2.26. The Kier molecular flexibility index (Phi) is 4.75. The number of rotatable bonds is 4. The molecule has 1 heterocycles. The van der Waals surface area contributed by atoms with E-state index in [4.69, 9.17) is 0 Å². The lowest BCUT2D eigenvalue weighted by Crippen LogP contribution is -2.43. The van der Waals surface area contributed by atoms with E-state index in [0.717, 1.165) is 0 Å². The van der Waals surface area contributed by atoms with Gasteiger partial charge in [0.05, 0.1) is 11.5 Å². The SMILES string of the molecule is CC(Cc1c(F)cccc1F)NC1CCS(=O)(=O)CC1. The van der Waals surface area contributed by atoms with E-state index in [0.29, 0.717) is 12.8 Å². The second-order valence-corrected chi connectivity index (χ2v) is 7.70. The summed E-state index contributed by atoms with van der Waals surface area (Å²) in [5, 5.41) is 3.26. The Morgan fingerprint density at radius 1 is 1.25 bits per heavy atom. The number of hydrogen-bond acceptors (Lipinski definition) is 3. The standard InChI is InChI=1S/C14H19F2NO2S/c1-10(9-12-13(15)3-2-4-14(12)16)17-11-5-7-20(18,19)8-6-11/h2-4,10-11,17H,5-9H2,1H3. The van der Waals surface area contributed by atoms with E-state index in [9.17, 15) is 17.2 Å². The molecule has 1 aliphatic rings. The second kappa shape index (κ2) is 6.18. The molecule has 2 rings (SSSR count). The van der Waals surface area contributed by atoms with Gasteiger partial charge in [0.15, 0.2) is 0 Å². The molecule has 112 valence electrons. The van der Waals surface area contributed by atoms with Gasteiger partial charge in [-0.15, -0.1) is 0 Å². The molecule has 1 atom stereocenters. The maximum absolute atomic E-state index is 13.5. The van der Waals surface area contributed by atoms with Gasteiger partial charge in [0.1, 0.15) is 21.5 Å². The van der Waals surface area contributed by atoms with Crippen molar-refractivity contribution < 1.29 is 17.2 Å². The van der Waals surface area contributed by atoms with Gasteiger partial charge in [-0.05, 0) is 38.3 Å². The van der Waals surface area contributed by atoms with Crippen LogP contribution in [0.25, 0.3) is 0 Å². The third-order valence-corrected chi connectivity index (χ3v) is 5.36. The summed E-state index contributed by atoms with van der Waals surface area (Å²) in [6.07, 6.45) is 1.38. The van der Waals surface area contributed by atoms with Gasteiger partial charge in [0.2, 0.25) is 0 Å². The highest BCUT2D eigenvalue weighted by atomic mass is 32.2. The summed E-state index contributed by atoms with van der Waals surface area (Å²) in [4.78, 5) is 0. The zero-order chi connectivity index (χ0) is 14.8. The molecule has 1 fully saturated rings. The van der Waals surface area contributed by atoms with Crippen LogP contribution in [0.1, 0.15) is 25.3 Å². The van der Waals surface area contributed by atoms with Crippen LogP contribution in [-0.2, 0) is 16.3 Å². The predicted octanol–water partition coefficient (Wildman–Crippen LogP) is 2.06. The molecular weight excluding hydrogens is 284 g/mol. The molecule has 1 saturated heterocycles. The zero-order valence-corrected chi connectivity index (χ0v) is 12.2. The molecule has 0 saturated carbocycles. The summed E-state index contributed by atoms with van der Waals surface area (Å²) in [5.41, 5.74) is 0.0796. The van der Waals surface area contributed by atoms with Gasteiger partial charge in [-0.2, -0.15) is 0 Å². The number of benzene rings is 1. The van der Waals surface area contributed by atoms with Crippen molar-refractivity contribution in [1.82, 2.24) is 5.32 Å². The number of sulfone groups is 1. The molecule has 20 heavy (non-hydrogen) atoms. The van der Waals surface area contributed by atoms with E-state index in [1.54, 1.807) is 0 Å². The van der Waals surface area contributed by atoms with Crippen molar-refractivity contribution in [1.29, 1.82) is 0 Å². The van der Waals surface area contributed by atoms with E-state index >= 15 is 0 Å². The van der Waals surface area contributed by atoms with E-state index in [2.05, 4.69) is 5.32 Å². The Hall–Kier alpha value is -1.01. The smallest absolute Gasteiger partial charge is 0.150 e. The molecule has 1 unspecified atom stereocenters. The van der Waals surface area contributed by atoms with Crippen LogP contribution >= 0.6 is 0 Å². The van der Waals surface area contributed by atoms with Crippen molar-refractivity contribution in [3.8, 4) is 0 Å². The molecule has 6 heteroatoms. The predicted molar refractivity (Wildman–Crippen MR) is 74.3 cm³/mol. The van der Waals surface area contributed by atoms with Gasteiger partial charge in [-0.3, -0.25) is 0 Å². The molecule has 1 aromatic rings. The van der Waals surface area contributed by atoms with Crippen LogP contribution in [0, 0.1) is 11.6 Å². The van der Waals surface area contributed by atoms with Gasteiger partial charge in [0, 0.05) is 17.6 Å². The summed E-state index contributed by atoms with van der Waals surface area (Å²) in [6.45, 7) is 1.86. The average Bonchev–Trinajstić information content (AvgIpc) is 2.37. The van der Waals surface area contributed by atoms with Gasteiger partial charge in [-0.25, -0.2) is 17.2 Å². The van der Waals surface area contributed by atoms with Crippen molar-refractivity contribution in [2.24, 2.45) is 0 Å². The number of halogens is 2. The minimum atomic E-state index is -2.88. The van der Waals surface area contributed by atoms with Crippen molar-refractivity contribution in [3.05, 3.63) is 35.4 Å². The third-order valence-electron chi connectivity index (χ3n) is 3.65. The van der Waals surface area contributed by atoms with Gasteiger partial charge in [0.25, 0.3) is 0 Å². The molecule has 1 aromatic carbocycles. The summed E-state index contributed by atoms with van der Waals surface area (Å²) in [5.74, 6) is -0.702. The lowest BCUT2D eigenvalue weighted by molar-refractivity contribution is 0.404. The first-order valence-electron chi connectivity index (χ1n) is 6.77. The topological polar surface area (TPSA) is 46.2 Å². The quantitative estimate of drug-likeness (QED) is 0.926. The maximum Gasteiger partial charge on any atom is 0.150 e. The van der Waals surface area contributed by atoms with Crippen molar-refractivity contribution in [2.75, 3.05) is 11.5 Å². The van der Waals surface area contributed by atoms with E-state index in [-0.39, 0.29) is 35.6 Å². The zero-order valence-electron chi connectivity index (χ0n) is 11.4. The van der Waals surface area contributed by atoms with E-state index in [1.165, 1.54) is 18.2 Å². The Bertz CT molecular complexity index is 540. The van der Waals surface area contributed by atoms with Crippen molar-refractivity contribution >= 4 is 9.84 Å². The molecule has 0 spiro atoms. The Balaban J connectivity index is 1.92. The third kappa shape index (κ3) is 3.99. The van der Waals surface area contributed by atoms with Crippen LogP contribution in [0.3, 0.4) is 0 Å². The minimum Gasteiger partial charge on any atom is -0.311 e. The first kappa shape index (κ1) is 15.4. The molecule has 3 nitrogen and oxygen atoms in total. The van der Waals surface area contributed by atoms with Crippen LogP contribution in [-0.4, -0.2) is 32.0 Å². The van der Waals surface area contributed by atoms with E-state index < -0.39 is 21.5 Å². The van der Waals surface area contributed by atoms with Gasteiger partial charge < -0.3 is 5.32 Å². The minimum absolute atomic E-state index is 0.0796. The monoisotopic (exact) mass is 303 g/mol. The Labute approximate surface area is 118 Å². The van der Waals surface area contributed by atoms with Crippen LogP contribution < -0.4 is 5.32 Å². The molecule has 0 bridgehead atoms. The van der Waals surface area contributed by atoms with Crippen LogP contribution in [0.5, 0.6) is 0 Å². The van der Waals surface area contributed by atoms with Crippen LogP contribution in [0.15, 0.2) is 18.2 Å². The van der Waals surface area contributed by atoms with E-state index in [1.807, 2.05) is 6.92 Å². The summed E-state index contributed by atoms with van der Waals surface area (Å²) in [6, 6.07) is 3.84. The molecule has 0 aromatic heterocycles. The lowest BCUT2D eigenvalue weighted by atomic mass is 10.0. The molecular formula is C14H19F2NO2S. The summed E-state index contributed by atoms with van der Waals surface area (Å²) >= 11 is 0. The van der Waals surface area contributed by atoms with Crippen LogP contribution in [0.4, 0.5) is 8.78 Å². The first-order chi connectivity index (χ1) is 9.37. The largest absolute Gasteiger partial charge is 0.311 e. The fourth-order valence-corrected chi connectivity index (χ4v) is 4.04. The fourth-order valence-electron chi connectivity index (χ4n) is 2.55. The first-order valence-corrected chi connectivity index (χ1v) is 8.59. The number of hydrogen-bond donors (Lipinski definition) is 1. The van der Waals surface area contributed by atoms with Crippen molar-refractivity contribution in [2.45, 2.75) is 38.3 Å². The van der Waals surface area contributed by atoms with Crippen LogP contribution in [0.2, 0.25) is 0 Å². The van der Waals surface area contributed by atoms with Gasteiger partial charge >= 0.3 is 0 Å². The summed E-state index contributed by atoms with van der Waals surface area (Å²) < 4.78 is 49.8. The molecule has 0 aliphatic carbocycles. The molecule has 1 N–H and O–H groups in total. The average molecular weight is 303 g/mol. The van der Waals surface area contributed by atoms with Crippen molar-refractivity contribution in [3.63, 3.8) is 0 Å². The Morgan fingerprint density at radius 2 is 1.80 bits per heavy atom. The normalized spacial score (nSPS) is 20.8. The molecule has 0 amide bonds. The second-order valence-electron chi connectivity index (χ2n) is 5.40. The fraction of sp³-hybridized carbons (Fsp3) is 0.571.